The Morgan fingerprint density at radius 1 is 1.17 bits per heavy atom. The first-order chi connectivity index (χ1) is 14.4. The van der Waals surface area contributed by atoms with Gasteiger partial charge in [0.2, 0.25) is 5.91 Å². The van der Waals surface area contributed by atoms with E-state index in [1.54, 1.807) is 34.0 Å². The van der Waals surface area contributed by atoms with E-state index in [9.17, 15) is 14.4 Å². The largest absolute Gasteiger partial charge is 0.334 e. The van der Waals surface area contributed by atoms with Crippen LogP contribution in [0.25, 0.3) is 10.9 Å². The highest BCUT2D eigenvalue weighted by Gasteiger charge is 2.26. The van der Waals surface area contributed by atoms with Crippen LogP contribution in [0.3, 0.4) is 0 Å². The maximum atomic E-state index is 12.7. The van der Waals surface area contributed by atoms with Gasteiger partial charge in [0.15, 0.2) is 0 Å². The average Bonchev–Trinajstić information content (AvgIpc) is 3.05. The molecule has 0 atom stereocenters. The van der Waals surface area contributed by atoms with E-state index in [2.05, 4.69) is 10.3 Å². The fourth-order valence-electron chi connectivity index (χ4n) is 3.72. The molecule has 30 heavy (non-hydrogen) atoms. The zero-order valence-corrected chi connectivity index (χ0v) is 17.1. The van der Waals surface area contributed by atoms with Crippen molar-refractivity contribution >= 4 is 28.4 Å². The number of hydrogen-bond acceptors (Lipinski definition) is 4. The van der Waals surface area contributed by atoms with Gasteiger partial charge in [0.25, 0.3) is 11.5 Å². The molecule has 0 fully saturated rings. The number of hydrogen-bond donors (Lipinski definition) is 1. The molecule has 154 valence electrons. The minimum atomic E-state index is -0.204. The van der Waals surface area contributed by atoms with Gasteiger partial charge in [-0.2, -0.15) is 0 Å². The van der Waals surface area contributed by atoms with Gasteiger partial charge < -0.3 is 10.2 Å². The Hall–Kier alpha value is -3.48. The Bertz CT molecular complexity index is 1180. The molecule has 0 aliphatic carbocycles. The number of fused-ring (bicyclic) bond motifs is 2. The van der Waals surface area contributed by atoms with Gasteiger partial charge >= 0.3 is 0 Å². The van der Waals surface area contributed by atoms with Gasteiger partial charge in [0.05, 0.1) is 17.2 Å². The van der Waals surface area contributed by atoms with Crippen LogP contribution >= 0.6 is 0 Å². The maximum Gasteiger partial charge on any atom is 0.261 e. The molecular formula is C23H24N4O3. The molecule has 0 radical (unpaired) electrons. The second-order valence-electron chi connectivity index (χ2n) is 8.01. The lowest BCUT2D eigenvalue weighted by Crippen LogP contribution is -2.28. The van der Waals surface area contributed by atoms with Crippen molar-refractivity contribution in [1.82, 2.24) is 14.5 Å². The van der Waals surface area contributed by atoms with Gasteiger partial charge in [-0.1, -0.05) is 32.0 Å². The summed E-state index contributed by atoms with van der Waals surface area (Å²) in [5, 5.41) is 3.30. The van der Waals surface area contributed by atoms with Crippen molar-refractivity contribution in [2.24, 2.45) is 5.92 Å². The molecule has 1 N–H and O–H groups in total. The number of nitrogens with zero attached hydrogens (tertiary/aromatic N) is 3. The highest BCUT2D eigenvalue weighted by atomic mass is 16.2. The number of amides is 2. The molecule has 7 heteroatoms. The van der Waals surface area contributed by atoms with Gasteiger partial charge in [-0.25, -0.2) is 4.98 Å². The zero-order chi connectivity index (χ0) is 21.3. The average molecular weight is 404 g/mol. The normalized spacial score (nSPS) is 13.2. The van der Waals surface area contributed by atoms with E-state index in [-0.39, 0.29) is 23.8 Å². The molecule has 0 saturated carbocycles. The number of aromatic nitrogens is 2. The minimum Gasteiger partial charge on any atom is -0.334 e. The third-order valence-corrected chi connectivity index (χ3v) is 5.17. The molecule has 0 unspecified atom stereocenters. The molecular weight excluding hydrogens is 380 g/mol. The zero-order valence-electron chi connectivity index (χ0n) is 17.1. The third kappa shape index (κ3) is 3.96. The lowest BCUT2D eigenvalue weighted by molar-refractivity contribution is -0.116. The van der Waals surface area contributed by atoms with E-state index in [0.717, 1.165) is 5.56 Å². The summed E-state index contributed by atoms with van der Waals surface area (Å²) in [6.45, 7) is 5.54. The molecule has 2 amide bonds. The smallest absolute Gasteiger partial charge is 0.261 e. The SMILES string of the molecule is CC(C)Cn1cnc2ccc(NC(=O)CCN3Cc4ccccc4C3=O)cc2c1=O. The minimum absolute atomic E-state index is 0.0408. The standard InChI is InChI=1S/C23H24N4O3/c1-15(2)12-27-14-24-20-8-7-17(11-19(20)23(27)30)25-21(28)9-10-26-13-16-5-3-4-6-18(16)22(26)29/h3-8,11,14-15H,9-10,12-13H2,1-2H3,(H,25,28). The molecule has 1 aliphatic rings. The van der Waals surface area contributed by atoms with Crippen LogP contribution in [-0.4, -0.2) is 32.8 Å². The predicted octanol–water partition coefficient (Wildman–Crippen LogP) is 3.04. The predicted molar refractivity (Wildman–Crippen MR) is 115 cm³/mol. The number of anilines is 1. The van der Waals surface area contributed by atoms with Crippen molar-refractivity contribution in [2.45, 2.75) is 33.4 Å². The van der Waals surface area contributed by atoms with E-state index in [1.807, 2.05) is 38.1 Å². The second kappa shape index (κ2) is 8.10. The Kier molecular flexibility index (Phi) is 5.35. The number of benzene rings is 2. The van der Waals surface area contributed by atoms with Crippen molar-refractivity contribution < 1.29 is 9.59 Å². The number of rotatable bonds is 6. The molecule has 2 heterocycles. The summed E-state index contributed by atoms with van der Waals surface area (Å²) in [4.78, 5) is 43.6. The van der Waals surface area contributed by atoms with Gasteiger partial charge in [0, 0.05) is 37.3 Å². The highest BCUT2D eigenvalue weighted by Crippen LogP contribution is 2.22. The second-order valence-corrected chi connectivity index (χ2v) is 8.01. The van der Waals surface area contributed by atoms with Crippen LogP contribution in [0.2, 0.25) is 0 Å². The first-order valence-electron chi connectivity index (χ1n) is 10.1. The van der Waals surface area contributed by atoms with Gasteiger partial charge in [-0.3, -0.25) is 19.0 Å². The summed E-state index contributed by atoms with van der Waals surface area (Å²) in [7, 11) is 0. The molecule has 2 aromatic carbocycles. The molecule has 1 aromatic heterocycles. The summed E-state index contributed by atoms with van der Waals surface area (Å²) in [5.74, 6) is 0.0784. The number of carbonyl (C=O) groups is 2. The van der Waals surface area contributed by atoms with Crippen LogP contribution in [0, 0.1) is 5.92 Å². The molecule has 7 nitrogen and oxygen atoms in total. The summed E-state index contributed by atoms with van der Waals surface area (Å²) >= 11 is 0. The quantitative estimate of drug-likeness (QED) is 0.684. The lowest BCUT2D eigenvalue weighted by atomic mass is 10.1. The molecule has 3 aromatic rings. The Labute approximate surface area is 174 Å². The molecule has 0 saturated heterocycles. The maximum absolute atomic E-state index is 12.7. The van der Waals surface area contributed by atoms with Gasteiger partial charge in [-0.05, 0) is 35.7 Å². The monoisotopic (exact) mass is 404 g/mol. The molecule has 0 bridgehead atoms. The Morgan fingerprint density at radius 3 is 2.73 bits per heavy atom. The first-order valence-corrected chi connectivity index (χ1v) is 10.1. The van der Waals surface area contributed by atoms with Crippen LogP contribution in [0.5, 0.6) is 0 Å². The van der Waals surface area contributed by atoms with Crippen molar-refractivity contribution in [3.63, 3.8) is 0 Å². The van der Waals surface area contributed by atoms with Gasteiger partial charge in [0.1, 0.15) is 0 Å². The number of nitrogens with one attached hydrogen (secondary N) is 1. The van der Waals surface area contributed by atoms with E-state index < -0.39 is 0 Å². The Balaban J connectivity index is 1.43. The van der Waals surface area contributed by atoms with Crippen LogP contribution in [-0.2, 0) is 17.9 Å². The molecule has 0 spiro atoms. The molecule has 1 aliphatic heterocycles. The van der Waals surface area contributed by atoms with E-state index >= 15 is 0 Å². The van der Waals surface area contributed by atoms with Crippen LogP contribution in [0.4, 0.5) is 5.69 Å². The molecule has 4 rings (SSSR count). The van der Waals surface area contributed by atoms with Crippen molar-refractivity contribution in [3.8, 4) is 0 Å². The summed E-state index contributed by atoms with van der Waals surface area (Å²) in [5.41, 5.74) is 2.72. The van der Waals surface area contributed by atoms with Crippen molar-refractivity contribution in [1.29, 1.82) is 0 Å². The summed E-state index contributed by atoms with van der Waals surface area (Å²) in [6.07, 6.45) is 1.75. The van der Waals surface area contributed by atoms with Crippen molar-refractivity contribution in [3.05, 3.63) is 70.3 Å². The fourth-order valence-corrected chi connectivity index (χ4v) is 3.72. The highest BCUT2D eigenvalue weighted by molar-refractivity contribution is 5.99. The van der Waals surface area contributed by atoms with Gasteiger partial charge in [-0.15, -0.1) is 0 Å². The lowest BCUT2D eigenvalue weighted by Gasteiger charge is -2.15. The van der Waals surface area contributed by atoms with E-state index in [1.165, 1.54) is 0 Å². The number of carbonyl (C=O) groups excluding carboxylic acids is 2. The van der Waals surface area contributed by atoms with E-state index in [4.69, 9.17) is 0 Å². The fraction of sp³-hybridized carbons (Fsp3) is 0.304. The van der Waals surface area contributed by atoms with E-state index in [0.29, 0.717) is 47.7 Å². The third-order valence-electron chi connectivity index (χ3n) is 5.17. The van der Waals surface area contributed by atoms with Crippen LogP contribution < -0.4 is 10.9 Å². The summed E-state index contributed by atoms with van der Waals surface area (Å²) in [6, 6.07) is 12.6. The Morgan fingerprint density at radius 2 is 1.97 bits per heavy atom. The first kappa shape index (κ1) is 19.8. The van der Waals surface area contributed by atoms with Crippen molar-refractivity contribution in [2.75, 3.05) is 11.9 Å². The van der Waals surface area contributed by atoms with Crippen LogP contribution in [0.15, 0.2) is 53.6 Å². The van der Waals surface area contributed by atoms with Crippen LogP contribution in [0.1, 0.15) is 36.2 Å². The summed E-state index contributed by atoms with van der Waals surface area (Å²) < 4.78 is 1.59. The topological polar surface area (TPSA) is 84.3 Å².